The minimum atomic E-state index is -0.405. The summed E-state index contributed by atoms with van der Waals surface area (Å²) in [7, 11) is 1.35. The average Bonchev–Trinajstić information content (AvgIpc) is 2.75. The third-order valence-electron chi connectivity index (χ3n) is 3.75. The lowest BCUT2D eigenvalue weighted by molar-refractivity contribution is -0.137. The van der Waals surface area contributed by atoms with E-state index in [0.717, 1.165) is 35.9 Å². The lowest BCUT2D eigenvalue weighted by Crippen LogP contribution is -2.04. The quantitative estimate of drug-likeness (QED) is 0.268. The number of ether oxygens (including phenoxy) is 3. The van der Waals surface area contributed by atoms with Gasteiger partial charge in [0.05, 0.1) is 31.6 Å². The molecule has 0 unspecified atom stereocenters. The Hall–Kier alpha value is -3.41. The van der Waals surface area contributed by atoms with Gasteiger partial charge in [0.25, 0.3) is 0 Å². The molecule has 0 aromatic heterocycles. The standard InChI is InChI=1S/C22H23NO5/c1-3-21(24)28-15-5-4-14-27-20-12-6-17(7-13-20)16-23-19-10-8-18(9-11-19)22(25)26-2/h3,6-13,16H,1,4-5,14-15H2,2H3. The molecular weight excluding hydrogens is 358 g/mol. The zero-order valence-electron chi connectivity index (χ0n) is 15.8. The third kappa shape index (κ3) is 7.07. The minimum Gasteiger partial charge on any atom is -0.494 e. The van der Waals surface area contributed by atoms with E-state index in [1.807, 2.05) is 24.3 Å². The Morgan fingerprint density at radius 3 is 2.32 bits per heavy atom. The van der Waals surface area contributed by atoms with Crippen molar-refractivity contribution in [3.63, 3.8) is 0 Å². The Kier molecular flexibility index (Phi) is 8.46. The molecule has 0 aliphatic carbocycles. The molecule has 0 atom stereocenters. The van der Waals surface area contributed by atoms with Gasteiger partial charge in [0.15, 0.2) is 0 Å². The summed E-state index contributed by atoms with van der Waals surface area (Å²) in [5, 5.41) is 0. The first kappa shape index (κ1) is 20.9. The highest BCUT2D eigenvalue weighted by atomic mass is 16.5. The first-order valence-corrected chi connectivity index (χ1v) is 8.87. The van der Waals surface area contributed by atoms with Gasteiger partial charge in [-0.05, 0) is 66.9 Å². The molecule has 6 nitrogen and oxygen atoms in total. The largest absolute Gasteiger partial charge is 0.494 e. The predicted molar refractivity (Wildman–Crippen MR) is 107 cm³/mol. The number of hydrogen-bond acceptors (Lipinski definition) is 6. The van der Waals surface area contributed by atoms with Crippen LogP contribution < -0.4 is 4.74 Å². The fraction of sp³-hybridized carbons (Fsp3) is 0.227. The molecule has 2 aromatic rings. The topological polar surface area (TPSA) is 74.2 Å². The maximum absolute atomic E-state index is 11.4. The van der Waals surface area contributed by atoms with Gasteiger partial charge in [-0.1, -0.05) is 6.58 Å². The highest BCUT2D eigenvalue weighted by Gasteiger charge is 2.03. The van der Waals surface area contributed by atoms with Gasteiger partial charge in [-0.3, -0.25) is 4.99 Å². The normalized spacial score (nSPS) is 10.5. The highest BCUT2D eigenvalue weighted by molar-refractivity contribution is 5.90. The number of unbranched alkanes of at least 4 members (excludes halogenated alkanes) is 1. The van der Waals surface area contributed by atoms with E-state index in [0.29, 0.717) is 18.8 Å². The summed E-state index contributed by atoms with van der Waals surface area (Å²) in [5.74, 6) is -0.0101. The van der Waals surface area contributed by atoms with E-state index in [-0.39, 0.29) is 5.97 Å². The molecule has 6 heteroatoms. The molecule has 0 aliphatic rings. The van der Waals surface area contributed by atoms with Crippen LogP contribution in [0.5, 0.6) is 5.75 Å². The Bertz CT molecular complexity index is 810. The van der Waals surface area contributed by atoms with Crippen molar-refractivity contribution in [1.82, 2.24) is 0 Å². The summed E-state index contributed by atoms with van der Waals surface area (Å²) >= 11 is 0. The fourth-order valence-electron chi connectivity index (χ4n) is 2.23. The van der Waals surface area contributed by atoms with Crippen molar-refractivity contribution in [3.05, 3.63) is 72.3 Å². The Morgan fingerprint density at radius 2 is 1.68 bits per heavy atom. The molecule has 2 aromatic carbocycles. The van der Waals surface area contributed by atoms with Crippen LogP contribution in [0.2, 0.25) is 0 Å². The van der Waals surface area contributed by atoms with Gasteiger partial charge in [0.2, 0.25) is 0 Å². The number of aliphatic imine (C=N–C) groups is 1. The van der Waals surface area contributed by atoms with Crippen LogP contribution in [-0.4, -0.2) is 38.5 Å². The number of hydrogen-bond donors (Lipinski definition) is 0. The first-order chi connectivity index (χ1) is 13.6. The number of rotatable bonds is 10. The van der Waals surface area contributed by atoms with Crippen LogP contribution in [-0.2, 0) is 14.3 Å². The molecule has 0 radical (unpaired) electrons. The maximum Gasteiger partial charge on any atom is 0.337 e. The summed E-state index contributed by atoms with van der Waals surface area (Å²) in [5.41, 5.74) is 2.16. The van der Waals surface area contributed by atoms with Crippen LogP contribution in [0, 0.1) is 0 Å². The zero-order chi connectivity index (χ0) is 20.2. The molecule has 0 saturated carbocycles. The van der Waals surface area contributed by atoms with Gasteiger partial charge in [-0.15, -0.1) is 0 Å². The van der Waals surface area contributed by atoms with Crippen LogP contribution in [0.4, 0.5) is 5.69 Å². The molecule has 0 saturated heterocycles. The van der Waals surface area contributed by atoms with E-state index < -0.39 is 5.97 Å². The van der Waals surface area contributed by atoms with E-state index in [9.17, 15) is 9.59 Å². The molecule has 0 aliphatic heterocycles. The SMILES string of the molecule is C=CC(=O)OCCCCOc1ccc(C=Nc2ccc(C(=O)OC)cc2)cc1. The van der Waals surface area contributed by atoms with Gasteiger partial charge in [-0.2, -0.15) is 0 Å². The van der Waals surface area contributed by atoms with Crippen molar-refractivity contribution in [1.29, 1.82) is 0 Å². The van der Waals surface area contributed by atoms with Gasteiger partial charge >= 0.3 is 11.9 Å². The summed E-state index contributed by atoms with van der Waals surface area (Å²) in [4.78, 5) is 26.7. The van der Waals surface area contributed by atoms with Crippen molar-refractivity contribution >= 4 is 23.8 Å². The molecule has 0 bridgehead atoms. The Morgan fingerprint density at radius 1 is 1.00 bits per heavy atom. The van der Waals surface area contributed by atoms with Crippen LogP contribution >= 0.6 is 0 Å². The van der Waals surface area contributed by atoms with Crippen molar-refractivity contribution in [2.45, 2.75) is 12.8 Å². The summed E-state index contributed by atoms with van der Waals surface area (Å²) in [6.07, 6.45) is 4.41. The number of methoxy groups -OCH3 is 1. The lowest BCUT2D eigenvalue weighted by Gasteiger charge is -2.06. The molecule has 28 heavy (non-hydrogen) atoms. The molecule has 0 fully saturated rings. The van der Waals surface area contributed by atoms with Crippen molar-refractivity contribution in [3.8, 4) is 5.75 Å². The molecule has 0 spiro atoms. The first-order valence-electron chi connectivity index (χ1n) is 8.87. The molecule has 0 heterocycles. The van der Waals surface area contributed by atoms with Crippen LogP contribution in [0.1, 0.15) is 28.8 Å². The minimum absolute atomic E-state index is 0.365. The average molecular weight is 381 g/mol. The number of benzene rings is 2. The van der Waals surface area contributed by atoms with Crippen molar-refractivity contribution in [2.24, 2.45) is 4.99 Å². The Labute approximate surface area is 164 Å². The third-order valence-corrected chi connectivity index (χ3v) is 3.75. The van der Waals surface area contributed by atoms with E-state index in [1.165, 1.54) is 7.11 Å². The summed E-state index contributed by atoms with van der Waals surface area (Å²) < 4.78 is 15.2. The molecule has 2 rings (SSSR count). The number of nitrogens with zero attached hydrogens (tertiary/aromatic N) is 1. The van der Waals surface area contributed by atoms with E-state index >= 15 is 0 Å². The van der Waals surface area contributed by atoms with Crippen molar-refractivity contribution in [2.75, 3.05) is 20.3 Å². The number of esters is 2. The Balaban J connectivity index is 1.76. The van der Waals surface area contributed by atoms with Crippen LogP contribution in [0.15, 0.2) is 66.2 Å². The summed E-state index contributed by atoms with van der Waals surface area (Å²) in [6, 6.07) is 14.4. The molecule has 146 valence electrons. The van der Waals surface area contributed by atoms with E-state index in [2.05, 4.69) is 16.3 Å². The second-order valence-corrected chi connectivity index (χ2v) is 5.79. The monoisotopic (exact) mass is 381 g/mol. The van der Waals surface area contributed by atoms with Gasteiger partial charge < -0.3 is 14.2 Å². The second kappa shape index (κ2) is 11.3. The van der Waals surface area contributed by atoms with Gasteiger partial charge in [-0.25, -0.2) is 9.59 Å². The lowest BCUT2D eigenvalue weighted by atomic mass is 10.2. The smallest absolute Gasteiger partial charge is 0.337 e. The van der Waals surface area contributed by atoms with E-state index in [4.69, 9.17) is 9.47 Å². The van der Waals surface area contributed by atoms with Crippen LogP contribution in [0.25, 0.3) is 0 Å². The predicted octanol–water partition coefficient (Wildman–Crippen LogP) is 4.11. The fourth-order valence-corrected chi connectivity index (χ4v) is 2.23. The van der Waals surface area contributed by atoms with Gasteiger partial charge in [0.1, 0.15) is 5.75 Å². The van der Waals surface area contributed by atoms with E-state index in [1.54, 1.807) is 30.5 Å². The highest BCUT2D eigenvalue weighted by Crippen LogP contribution is 2.15. The number of carbonyl (C=O) groups excluding carboxylic acids is 2. The maximum atomic E-state index is 11.4. The van der Waals surface area contributed by atoms with Gasteiger partial charge in [0, 0.05) is 12.3 Å². The molecular formula is C22H23NO5. The second-order valence-electron chi connectivity index (χ2n) is 5.79. The molecule has 0 amide bonds. The zero-order valence-corrected chi connectivity index (χ0v) is 15.8. The van der Waals surface area contributed by atoms with Crippen LogP contribution in [0.3, 0.4) is 0 Å². The van der Waals surface area contributed by atoms with Crippen molar-refractivity contribution < 1.29 is 23.8 Å². The number of carbonyl (C=O) groups is 2. The summed E-state index contributed by atoms with van der Waals surface area (Å²) in [6.45, 7) is 4.25. The molecule has 0 N–H and O–H groups in total.